The summed E-state index contributed by atoms with van der Waals surface area (Å²) >= 11 is 3.50. The molecule has 0 aromatic heterocycles. The predicted octanol–water partition coefficient (Wildman–Crippen LogP) is 2.87. The molecule has 0 aliphatic heterocycles. The highest BCUT2D eigenvalue weighted by Gasteiger charge is 2.11. The minimum absolute atomic E-state index is 0.295. The maximum Gasteiger partial charge on any atom is 0.0767 e. The maximum atomic E-state index is 5.62. The molecule has 0 bridgehead atoms. The number of allylic oxidation sites excluding steroid dienone is 1. The summed E-state index contributed by atoms with van der Waals surface area (Å²) < 4.78 is 12.1. The number of hydrogen-bond acceptors (Lipinski definition) is 2. The first-order chi connectivity index (χ1) is 6.33. The quantitative estimate of drug-likeness (QED) is 0.697. The zero-order valence-corrected chi connectivity index (χ0v) is 9.68. The molecule has 0 aromatic carbocycles. The van der Waals surface area contributed by atoms with E-state index in [9.17, 15) is 0 Å². The van der Waals surface area contributed by atoms with Gasteiger partial charge in [0, 0.05) is 6.61 Å². The van der Waals surface area contributed by atoms with Gasteiger partial charge in [0.15, 0.2) is 0 Å². The summed E-state index contributed by atoms with van der Waals surface area (Å²) in [6.45, 7) is 4.18. The molecule has 1 atom stereocenters. The Kier molecular flexibility index (Phi) is 5.67. The molecule has 0 spiro atoms. The second-order valence-electron chi connectivity index (χ2n) is 3.11. The van der Waals surface area contributed by atoms with Crippen molar-refractivity contribution in [2.45, 2.75) is 32.3 Å². The van der Waals surface area contributed by atoms with Crippen LogP contribution in [0.1, 0.15) is 26.2 Å². The van der Waals surface area contributed by atoms with Gasteiger partial charge in [-0.25, -0.2) is 0 Å². The number of hydrogen-bond donors (Lipinski definition) is 0. The van der Waals surface area contributed by atoms with E-state index in [1.165, 1.54) is 10.9 Å². The summed E-state index contributed by atoms with van der Waals surface area (Å²) in [5, 5.41) is 0. The average Bonchev–Trinajstić information content (AvgIpc) is 2.13. The fourth-order valence-electron chi connectivity index (χ4n) is 1.37. The van der Waals surface area contributed by atoms with Crippen molar-refractivity contribution in [2.75, 3.05) is 19.8 Å². The molecule has 0 fully saturated rings. The lowest BCUT2D eigenvalue weighted by molar-refractivity contribution is 0.0216. The third kappa shape index (κ3) is 4.79. The van der Waals surface area contributed by atoms with E-state index in [1.807, 2.05) is 6.92 Å². The van der Waals surface area contributed by atoms with Crippen LogP contribution < -0.4 is 0 Å². The Bertz CT molecular complexity index is 168. The van der Waals surface area contributed by atoms with E-state index in [0.717, 1.165) is 19.4 Å². The topological polar surface area (TPSA) is 18.5 Å². The first-order valence-corrected chi connectivity index (χ1v) is 5.67. The van der Waals surface area contributed by atoms with Gasteiger partial charge < -0.3 is 9.47 Å². The monoisotopic (exact) mass is 248 g/mol. The Hall–Kier alpha value is 0.140. The fraction of sp³-hybridized carbons (Fsp3) is 0.800. The Labute approximate surface area is 88.4 Å². The highest BCUT2D eigenvalue weighted by molar-refractivity contribution is 9.11. The molecule has 2 nitrogen and oxygen atoms in total. The van der Waals surface area contributed by atoms with E-state index in [4.69, 9.17) is 9.47 Å². The van der Waals surface area contributed by atoms with Gasteiger partial charge in [0.25, 0.3) is 0 Å². The molecule has 0 saturated carbocycles. The smallest absolute Gasteiger partial charge is 0.0767 e. The van der Waals surface area contributed by atoms with E-state index in [0.29, 0.717) is 19.3 Å². The molecule has 76 valence electrons. The van der Waals surface area contributed by atoms with Crippen molar-refractivity contribution in [1.29, 1.82) is 0 Å². The third-order valence-electron chi connectivity index (χ3n) is 2.03. The zero-order valence-electron chi connectivity index (χ0n) is 8.09. The van der Waals surface area contributed by atoms with Crippen LogP contribution in [-0.4, -0.2) is 25.9 Å². The molecule has 0 aromatic rings. The molecule has 0 heterocycles. The molecule has 3 heteroatoms. The van der Waals surface area contributed by atoms with Crippen LogP contribution in [0.5, 0.6) is 0 Å². The van der Waals surface area contributed by atoms with Gasteiger partial charge in [-0.2, -0.15) is 0 Å². The highest BCUT2D eigenvalue weighted by Crippen LogP contribution is 2.23. The van der Waals surface area contributed by atoms with Gasteiger partial charge in [0.2, 0.25) is 0 Å². The van der Waals surface area contributed by atoms with Crippen molar-refractivity contribution >= 4 is 15.9 Å². The molecule has 13 heavy (non-hydrogen) atoms. The van der Waals surface area contributed by atoms with E-state index in [2.05, 4.69) is 22.0 Å². The second kappa shape index (κ2) is 6.57. The van der Waals surface area contributed by atoms with Crippen LogP contribution >= 0.6 is 15.9 Å². The van der Waals surface area contributed by atoms with Gasteiger partial charge in [-0.3, -0.25) is 0 Å². The minimum Gasteiger partial charge on any atom is -0.379 e. The normalized spacial score (nSPS) is 22.9. The first-order valence-electron chi connectivity index (χ1n) is 4.88. The lowest BCUT2D eigenvalue weighted by Crippen LogP contribution is -2.16. The Morgan fingerprint density at radius 1 is 1.54 bits per heavy atom. The summed E-state index contributed by atoms with van der Waals surface area (Å²) in [7, 11) is 0. The molecule has 1 unspecified atom stereocenters. The SMILES string of the molecule is CCOCCOC1C=C(Br)CCC1. The maximum absolute atomic E-state index is 5.62. The lowest BCUT2D eigenvalue weighted by Gasteiger charge is -2.18. The summed E-state index contributed by atoms with van der Waals surface area (Å²) in [6, 6.07) is 0. The van der Waals surface area contributed by atoms with Crippen molar-refractivity contribution in [1.82, 2.24) is 0 Å². The Morgan fingerprint density at radius 3 is 3.08 bits per heavy atom. The summed E-state index contributed by atoms with van der Waals surface area (Å²) in [4.78, 5) is 0. The van der Waals surface area contributed by atoms with Crippen molar-refractivity contribution < 1.29 is 9.47 Å². The fourth-order valence-corrected chi connectivity index (χ4v) is 1.95. The number of halogens is 1. The molecule has 0 amide bonds. The van der Waals surface area contributed by atoms with Crippen molar-refractivity contribution in [3.63, 3.8) is 0 Å². The van der Waals surface area contributed by atoms with E-state index >= 15 is 0 Å². The Balaban J connectivity index is 2.10. The van der Waals surface area contributed by atoms with Crippen molar-refractivity contribution in [3.05, 3.63) is 10.6 Å². The van der Waals surface area contributed by atoms with Gasteiger partial charge in [-0.15, -0.1) is 0 Å². The van der Waals surface area contributed by atoms with Gasteiger partial charge in [-0.1, -0.05) is 15.9 Å². The predicted molar refractivity (Wildman–Crippen MR) is 57.1 cm³/mol. The molecule has 1 aliphatic carbocycles. The summed E-state index contributed by atoms with van der Waals surface area (Å²) in [5.74, 6) is 0. The first kappa shape index (κ1) is 11.2. The molecule has 1 rings (SSSR count). The molecule has 0 N–H and O–H groups in total. The van der Waals surface area contributed by atoms with Crippen molar-refractivity contribution in [2.24, 2.45) is 0 Å². The molecule has 0 saturated heterocycles. The van der Waals surface area contributed by atoms with Gasteiger partial charge in [0.05, 0.1) is 19.3 Å². The molecular formula is C10H17BrO2. The minimum atomic E-state index is 0.295. The van der Waals surface area contributed by atoms with Crippen molar-refractivity contribution in [3.8, 4) is 0 Å². The average molecular weight is 249 g/mol. The van der Waals surface area contributed by atoms with Crippen LogP contribution in [0.3, 0.4) is 0 Å². The van der Waals surface area contributed by atoms with Crippen LogP contribution in [0.2, 0.25) is 0 Å². The number of rotatable bonds is 5. The zero-order chi connectivity index (χ0) is 9.52. The van der Waals surface area contributed by atoms with Gasteiger partial charge >= 0.3 is 0 Å². The van der Waals surface area contributed by atoms with E-state index in [1.54, 1.807) is 0 Å². The largest absolute Gasteiger partial charge is 0.379 e. The highest BCUT2D eigenvalue weighted by atomic mass is 79.9. The van der Waals surface area contributed by atoms with Crippen LogP contribution in [0, 0.1) is 0 Å². The van der Waals surface area contributed by atoms with E-state index < -0.39 is 0 Å². The van der Waals surface area contributed by atoms with Gasteiger partial charge in [-0.05, 0) is 36.7 Å². The molecule has 0 radical (unpaired) electrons. The second-order valence-corrected chi connectivity index (χ2v) is 4.13. The van der Waals surface area contributed by atoms with E-state index in [-0.39, 0.29) is 0 Å². The van der Waals surface area contributed by atoms with Crippen LogP contribution in [0.15, 0.2) is 10.6 Å². The lowest BCUT2D eigenvalue weighted by atomic mass is 10.1. The number of ether oxygens (including phenoxy) is 2. The summed E-state index contributed by atoms with van der Waals surface area (Å²) in [5.41, 5.74) is 0. The van der Waals surface area contributed by atoms with Crippen LogP contribution in [-0.2, 0) is 9.47 Å². The van der Waals surface area contributed by atoms with Crippen LogP contribution in [0.25, 0.3) is 0 Å². The van der Waals surface area contributed by atoms with Gasteiger partial charge in [0.1, 0.15) is 0 Å². The third-order valence-corrected chi connectivity index (χ3v) is 2.70. The Morgan fingerprint density at radius 2 is 2.38 bits per heavy atom. The van der Waals surface area contributed by atoms with Crippen LogP contribution in [0.4, 0.5) is 0 Å². The molecule has 1 aliphatic rings. The standard InChI is InChI=1S/C10H17BrO2/c1-2-12-6-7-13-10-5-3-4-9(11)8-10/h8,10H,2-7H2,1H3. The summed E-state index contributed by atoms with van der Waals surface area (Å²) in [6.07, 6.45) is 5.97. The molecular weight excluding hydrogens is 232 g/mol.